The van der Waals surface area contributed by atoms with Gasteiger partial charge in [-0.05, 0) is 61.7 Å². The van der Waals surface area contributed by atoms with Crippen molar-refractivity contribution in [3.05, 3.63) is 65.4 Å². The molecule has 26 heavy (non-hydrogen) atoms. The van der Waals surface area contributed by atoms with Crippen LogP contribution in [0.1, 0.15) is 29.9 Å². The van der Waals surface area contributed by atoms with Crippen LogP contribution in [0.25, 0.3) is 10.9 Å². The highest BCUT2D eigenvalue weighted by Crippen LogP contribution is 2.35. The molecule has 1 aliphatic heterocycles. The van der Waals surface area contributed by atoms with Crippen molar-refractivity contribution in [3.63, 3.8) is 0 Å². The quantitative estimate of drug-likeness (QED) is 0.725. The summed E-state index contributed by atoms with van der Waals surface area (Å²) < 4.78 is 32.6. The number of nitrogens with one attached hydrogen (secondary N) is 1. The molecule has 0 radical (unpaired) electrons. The van der Waals surface area contributed by atoms with Crippen molar-refractivity contribution in [2.45, 2.75) is 25.3 Å². The molecule has 5 heteroatoms. The molecular formula is C21H22F2N2O. The number of hydrogen-bond donors (Lipinski definition) is 1. The van der Waals surface area contributed by atoms with Gasteiger partial charge in [0.15, 0.2) is 11.6 Å². The summed E-state index contributed by atoms with van der Waals surface area (Å²) in [6.45, 7) is 2.20. The largest absolute Gasteiger partial charge is 0.497 e. The predicted octanol–water partition coefficient (Wildman–Crippen LogP) is 4.83. The van der Waals surface area contributed by atoms with Gasteiger partial charge in [0.25, 0.3) is 0 Å². The second-order valence-electron chi connectivity index (χ2n) is 6.92. The second kappa shape index (κ2) is 7.08. The highest BCUT2D eigenvalue weighted by Gasteiger charge is 2.24. The molecule has 1 aromatic heterocycles. The molecule has 2 heterocycles. The third-order valence-corrected chi connectivity index (χ3v) is 5.37. The number of nitrogens with zero attached hydrogens (tertiary/aromatic N) is 1. The van der Waals surface area contributed by atoms with Crippen molar-refractivity contribution in [2.24, 2.45) is 0 Å². The van der Waals surface area contributed by atoms with Gasteiger partial charge in [0.2, 0.25) is 0 Å². The highest BCUT2D eigenvalue weighted by molar-refractivity contribution is 5.85. The fourth-order valence-corrected chi connectivity index (χ4v) is 3.90. The minimum atomic E-state index is -0.773. The maximum Gasteiger partial charge on any atom is 0.163 e. The van der Waals surface area contributed by atoms with Gasteiger partial charge in [-0.3, -0.25) is 4.90 Å². The number of fused-ring (bicyclic) bond motifs is 1. The van der Waals surface area contributed by atoms with E-state index in [-0.39, 0.29) is 0 Å². The average Bonchev–Trinajstić information content (AvgIpc) is 3.09. The Balaban J connectivity index is 1.46. The fraction of sp³-hybridized carbons (Fsp3) is 0.333. The fourth-order valence-electron chi connectivity index (χ4n) is 3.90. The molecule has 1 aliphatic rings. The van der Waals surface area contributed by atoms with E-state index in [1.54, 1.807) is 19.2 Å². The normalized spacial score (nSPS) is 16.3. The minimum Gasteiger partial charge on any atom is -0.497 e. The molecule has 3 nitrogen and oxygen atoms in total. The van der Waals surface area contributed by atoms with E-state index in [2.05, 4.69) is 22.1 Å². The molecule has 1 saturated heterocycles. The average molecular weight is 356 g/mol. The summed E-state index contributed by atoms with van der Waals surface area (Å²) in [4.78, 5) is 5.54. The SMILES string of the molecule is COc1ccc2[nH]cc(C3CCN(Cc4cccc(F)c4F)CC3)c2c1. The number of H-pyrrole nitrogens is 1. The van der Waals surface area contributed by atoms with E-state index in [1.807, 2.05) is 12.1 Å². The zero-order valence-corrected chi connectivity index (χ0v) is 14.8. The molecule has 0 aliphatic carbocycles. The topological polar surface area (TPSA) is 28.3 Å². The van der Waals surface area contributed by atoms with E-state index < -0.39 is 11.6 Å². The summed E-state index contributed by atoms with van der Waals surface area (Å²) in [5.74, 6) is -0.176. The minimum absolute atomic E-state index is 0.431. The van der Waals surface area contributed by atoms with Crippen molar-refractivity contribution >= 4 is 10.9 Å². The molecule has 0 atom stereocenters. The summed E-state index contributed by atoms with van der Waals surface area (Å²) in [5, 5.41) is 1.21. The van der Waals surface area contributed by atoms with Crippen molar-refractivity contribution in [1.29, 1.82) is 0 Å². The first-order chi connectivity index (χ1) is 12.7. The van der Waals surface area contributed by atoms with Crippen LogP contribution < -0.4 is 4.74 Å². The summed E-state index contributed by atoms with van der Waals surface area (Å²) >= 11 is 0. The lowest BCUT2D eigenvalue weighted by Crippen LogP contribution is -2.32. The van der Waals surface area contributed by atoms with Crippen LogP contribution in [0.4, 0.5) is 8.78 Å². The van der Waals surface area contributed by atoms with Crippen molar-refractivity contribution in [3.8, 4) is 5.75 Å². The number of rotatable bonds is 4. The van der Waals surface area contributed by atoms with E-state index in [4.69, 9.17) is 4.74 Å². The monoisotopic (exact) mass is 356 g/mol. The van der Waals surface area contributed by atoms with Gasteiger partial charge in [-0.15, -0.1) is 0 Å². The second-order valence-corrected chi connectivity index (χ2v) is 6.92. The van der Waals surface area contributed by atoms with Gasteiger partial charge in [-0.1, -0.05) is 12.1 Å². The van der Waals surface area contributed by atoms with E-state index in [0.29, 0.717) is 18.0 Å². The molecule has 0 bridgehead atoms. The van der Waals surface area contributed by atoms with Gasteiger partial charge in [-0.2, -0.15) is 0 Å². The van der Waals surface area contributed by atoms with Crippen molar-refractivity contribution < 1.29 is 13.5 Å². The first-order valence-corrected chi connectivity index (χ1v) is 8.96. The molecule has 2 aromatic carbocycles. The number of piperidine rings is 1. The maximum absolute atomic E-state index is 13.9. The predicted molar refractivity (Wildman–Crippen MR) is 98.5 cm³/mol. The lowest BCUT2D eigenvalue weighted by atomic mass is 9.89. The molecule has 1 fully saturated rings. The van der Waals surface area contributed by atoms with Gasteiger partial charge < -0.3 is 9.72 Å². The number of aromatic amines is 1. The Kier molecular flexibility index (Phi) is 4.64. The van der Waals surface area contributed by atoms with Crippen LogP contribution in [-0.2, 0) is 6.54 Å². The molecular weight excluding hydrogens is 334 g/mol. The molecule has 0 unspecified atom stereocenters. The van der Waals surface area contributed by atoms with Gasteiger partial charge in [0.1, 0.15) is 5.75 Å². The molecule has 3 aromatic rings. The van der Waals surface area contributed by atoms with E-state index in [0.717, 1.165) is 43.3 Å². The Morgan fingerprint density at radius 1 is 1.15 bits per heavy atom. The Morgan fingerprint density at radius 3 is 2.73 bits per heavy atom. The van der Waals surface area contributed by atoms with Crippen LogP contribution in [0.2, 0.25) is 0 Å². The van der Waals surface area contributed by atoms with Crippen LogP contribution in [0, 0.1) is 11.6 Å². The first-order valence-electron chi connectivity index (χ1n) is 8.96. The van der Waals surface area contributed by atoms with E-state index in [9.17, 15) is 8.78 Å². The zero-order valence-electron chi connectivity index (χ0n) is 14.8. The number of aromatic nitrogens is 1. The van der Waals surface area contributed by atoms with Crippen molar-refractivity contribution in [2.75, 3.05) is 20.2 Å². The molecule has 4 rings (SSSR count). The van der Waals surface area contributed by atoms with Crippen LogP contribution in [0.15, 0.2) is 42.6 Å². The number of methoxy groups -OCH3 is 1. The summed E-state index contributed by atoms with van der Waals surface area (Å²) in [5.41, 5.74) is 2.86. The summed E-state index contributed by atoms with van der Waals surface area (Å²) in [7, 11) is 1.68. The molecule has 1 N–H and O–H groups in total. The Morgan fingerprint density at radius 2 is 1.96 bits per heavy atom. The Bertz CT molecular complexity index is 914. The van der Waals surface area contributed by atoms with E-state index >= 15 is 0 Å². The zero-order chi connectivity index (χ0) is 18.1. The van der Waals surface area contributed by atoms with Crippen LogP contribution in [0.5, 0.6) is 5.75 Å². The number of hydrogen-bond acceptors (Lipinski definition) is 2. The number of likely N-dealkylation sites (tertiary alicyclic amines) is 1. The third kappa shape index (κ3) is 3.19. The smallest absolute Gasteiger partial charge is 0.163 e. The lowest BCUT2D eigenvalue weighted by molar-refractivity contribution is 0.202. The van der Waals surface area contributed by atoms with Gasteiger partial charge in [0, 0.05) is 29.2 Å². The maximum atomic E-state index is 13.9. The summed E-state index contributed by atoms with van der Waals surface area (Å²) in [6.07, 6.45) is 4.10. The molecule has 136 valence electrons. The van der Waals surface area contributed by atoms with Gasteiger partial charge >= 0.3 is 0 Å². The molecule has 0 amide bonds. The highest BCUT2D eigenvalue weighted by atomic mass is 19.2. The van der Waals surface area contributed by atoms with Crippen LogP contribution >= 0.6 is 0 Å². The number of benzene rings is 2. The summed E-state index contributed by atoms with van der Waals surface area (Å²) in [6, 6.07) is 10.5. The van der Waals surface area contributed by atoms with Crippen LogP contribution in [-0.4, -0.2) is 30.1 Å². The van der Waals surface area contributed by atoms with Crippen molar-refractivity contribution in [1.82, 2.24) is 9.88 Å². The number of halogens is 2. The third-order valence-electron chi connectivity index (χ3n) is 5.37. The molecule has 0 spiro atoms. The Labute approximate surface area is 151 Å². The first kappa shape index (κ1) is 17.0. The lowest BCUT2D eigenvalue weighted by Gasteiger charge is -2.32. The Hall–Kier alpha value is -2.40. The van der Waals surface area contributed by atoms with Gasteiger partial charge in [-0.25, -0.2) is 8.78 Å². The standard InChI is InChI=1S/C21H22F2N2O/c1-26-16-5-6-20-17(11-16)18(12-24-20)14-7-9-25(10-8-14)13-15-3-2-4-19(22)21(15)23/h2-6,11-12,14,24H,7-10,13H2,1H3. The van der Waals surface area contributed by atoms with Gasteiger partial charge in [0.05, 0.1) is 7.11 Å². The number of ether oxygens (including phenoxy) is 1. The van der Waals surface area contributed by atoms with E-state index in [1.165, 1.54) is 10.9 Å². The molecule has 0 saturated carbocycles. The van der Waals surface area contributed by atoms with Crippen LogP contribution in [0.3, 0.4) is 0 Å².